The lowest BCUT2D eigenvalue weighted by atomic mass is 9.97. The van der Waals surface area contributed by atoms with Gasteiger partial charge in [0.2, 0.25) is 0 Å². The van der Waals surface area contributed by atoms with Crippen molar-refractivity contribution in [1.29, 1.82) is 0 Å². The molecule has 1 fully saturated rings. The van der Waals surface area contributed by atoms with Gasteiger partial charge < -0.3 is 9.47 Å². The molecule has 0 aliphatic carbocycles. The van der Waals surface area contributed by atoms with Crippen molar-refractivity contribution in [2.45, 2.75) is 18.9 Å². The van der Waals surface area contributed by atoms with E-state index >= 15 is 0 Å². The molecule has 0 aromatic carbocycles. The Labute approximate surface area is 72.2 Å². The molecular weight excluding hydrogens is 158 g/mol. The zero-order chi connectivity index (χ0) is 9.03. The quantitative estimate of drug-likeness (QED) is 0.604. The fraction of sp³-hybridized carbons (Fsp3) is 0.875. The molecule has 0 spiro atoms. The van der Waals surface area contributed by atoms with Crippen LogP contribution in [0.25, 0.3) is 0 Å². The third kappa shape index (κ3) is 1.59. The first-order valence-corrected chi connectivity index (χ1v) is 4.16. The van der Waals surface area contributed by atoms with E-state index in [-0.39, 0.29) is 5.97 Å². The predicted molar refractivity (Wildman–Crippen MR) is 43.9 cm³/mol. The number of methoxy groups -OCH3 is 1. The van der Waals surface area contributed by atoms with E-state index in [9.17, 15) is 4.79 Å². The molecule has 4 heteroatoms. The summed E-state index contributed by atoms with van der Waals surface area (Å²) in [5.74, 6) is -0.220. The van der Waals surface area contributed by atoms with E-state index in [0.717, 1.165) is 13.0 Å². The van der Waals surface area contributed by atoms with Crippen LogP contribution in [-0.2, 0) is 14.3 Å². The third-order valence-corrected chi connectivity index (χ3v) is 1.99. The molecule has 0 aromatic heterocycles. The summed E-state index contributed by atoms with van der Waals surface area (Å²) in [5, 5.41) is 3.13. The lowest BCUT2D eigenvalue weighted by Gasteiger charge is -2.39. The maximum atomic E-state index is 11.3. The van der Waals surface area contributed by atoms with Gasteiger partial charge in [0.25, 0.3) is 0 Å². The van der Waals surface area contributed by atoms with Crippen LogP contribution in [-0.4, -0.2) is 38.4 Å². The highest BCUT2D eigenvalue weighted by molar-refractivity contribution is 5.82. The summed E-state index contributed by atoms with van der Waals surface area (Å²) >= 11 is 0. The Bertz CT molecular complexity index is 166. The summed E-state index contributed by atoms with van der Waals surface area (Å²) < 4.78 is 9.67. The van der Waals surface area contributed by atoms with Gasteiger partial charge in [-0.05, 0) is 13.0 Å². The van der Waals surface area contributed by atoms with Gasteiger partial charge in [-0.3, -0.25) is 5.32 Å². The van der Waals surface area contributed by atoms with Gasteiger partial charge >= 0.3 is 5.97 Å². The minimum atomic E-state index is -0.551. The van der Waals surface area contributed by atoms with Crippen molar-refractivity contribution in [3.8, 4) is 0 Å². The lowest BCUT2D eigenvalue weighted by Crippen LogP contribution is -2.66. The van der Waals surface area contributed by atoms with Crippen LogP contribution in [0.3, 0.4) is 0 Å². The van der Waals surface area contributed by atoms with Crippen LogP contribution in [0.5, 0.6) is 0 Å². The zero-order valence-corrected chi connectivity index (χ0v) is 7.55. The number of hydrogen-bond acceptors (Lipinski definition) is 4. The highest BCUT2D eigenvalue weighted by Crippen LogP contribution is 2.18. The molecule has 0 saturated carbocycles. The van der Waals surface area contributed by atoms with Crippen molar-refractivity contribution < 1.29 is 14.3 Å². The Balaban J connectivity index is 2.44. The number of esters is 1. The highest BCUT2D eigenvalue weighted by atomic mass is 16.5. The standard InChI is InChI=1S/C8H15NO3/c1-3-4-9-8(5-12-6-8)7(10)11-2/h9H,3-6H2,1-2H3. The molecular formula is C8H15NO3. The largest absolute Gasteiger partial charge is 0.468 e. The van der Waals surface area contributed by atoms with Crippen LogP contribution in [0.15, 0.2) is 0 Å². The fourth-order valence-corrected chi connectivity index (χ4v) is 1.16. The second-order valence-corrected chi connectivity index (χ2v) is 2.99. The maximum absolute atomic E-state index is 11.3. The second kappa shape index (κ2) is 3.87. The van der Waals surface area contributed by atoms with Crippen molar-refractivity contribution in [1.82, 2.24) is 5.32 Å². The molecule has 1 N–H and O–H groups in total. The molecule has 1 aliphatic rings. The topological polar surface area (TPSA) is 47.6 Å². The zero-order valence-electron chi connectivity index (χ0n) is 7.55. The molecule has 0 radical (unpaired) electrons. The van der Waals surface area contributed by atoms with Crippen molar-refractivity contribution in [2.75, 3.05) is 26.9 Å². The highest BCUT2D eigenvalue weighted by Gasteiger charge is 2.46. The first-order chi connectivity index (χ1) is 5.75. The second-order valence-electron chi connectivity index (χ2n) is 2.99. The van der Waals surface area contributed by atoms with E-state index in [1.54, 1.807) is 0 Å². The summed E-state index contributed by atoms with van der Waals surface area (Å²) in [4.78, 5) is 11.3. The normalized spacial score (nSPS) is 19.8. The van der Waals surface area contributed by atoms with E-state index in [1.807, 2.05) is 0 Å². The van der Waals surface area contributed by atoms with Crippen molar-refractivity contribution in [3.63, 3.8) is 0 Å². The van der Waals surface area contributed by atoms with E-state index < -0.39 is 5.54 Å². The number of nitrogens with one attached hydrogen (secondary N) is 1. The molecule has 1 aliphatic heterocycles. The van der Waals surface area contributed by atoms with E-state index in [1.165, 1.54) is 7.11 Å². The smallest absolute Gasteiger partial charge is 0.330 e. The van der Waals surface area contributed by atoms with Crippen LogP contribution in [0.2, 0.25) is 0 Å². The minimum absolute atomic E-state index is 0.220. The van der Waals surface area contributed by atoms with Crippen LogP contribution < -0.4 is 5.32 Å². The summed E-state index contributed by atoms with van der Waals surface area (Å²) in [6, 6.07) is 0. The average Bonchev–Trinajstić information content (AvgIpc) is 2.02. The molecule has 0 unspecified atom stereocenters. The van der Waals surface area contributed by atoms with Gasteiger partial charge in [-0.15, -0.1) is 0 Å². The molecule has 0 bridgehead atoms. The van der Waals surface area contributed by atoms with E-state index in [0.29, 0.717) is 13.2 Å². The summed E-state index contributed by atoms with van der Waals surface area (Å²) in [6.07, 6.45) is 0.999. The minimum Gasteiger partial charge on any atom is -0.468 e. The van der Waals surface area contributed by atoms with E-state index in [4.69, 9.17) is 4.74 Å². The van der Waals surface area contributed by atoms with Gasteiger partial charge in [-0.25, -0.2) is 4.79 Å². The number of carbonyl (C=O) groups excluding carboxylic acids is 1. The Morgan fingerprint density at radius 2 is 2.33 bits per heavy atom. The summed E-state index contributed by atoms with van der Waals surface area (Å²) in [7, 11) is 1.40. The molecule has 70 valence electrons. The van der Waals surface area contributed by atoms with Gasteiger partial charge in [0.15, 0.2) is 5.54 Å². The van der Waals surface area contributed by atoms with Crippen LogP contribution in [0.1, 0.15) is 13.3 Å². The van der Waals surface area contributed by atoms with Crippen molar-refractivity contribution in [3.05, 3.63) is 0 Å². The number of carbonyl (C=O) groups is 1. The van der Waals surface area contributed by atoms with E-state index in [2.05, 4.69) is 17.0 Å². The Morgan fingerprint density at radius 3 is 2.67 bits per heavy atom. The monoisotopic (exact) mass is 173 g/mol. The molecule has 4 nitrogen and oxygen atoms in total. The van der Waals surface area contributed by atoms with Crippen LogP contribution >= 0.6 is 0 Å². The molecule has 0 amide bonds. The van der Waals surface area contributed by atoms with Gasteiger partial charge in [0, 0.05) is 0 Å². The van der Waals surface area contributed by atoms with Gasteiger partial charge in [-0.1, -0.05) is 6.92 Å². The SMILES string of the molecule is CCCNC1(C(=O)OC)COC1. The first kappa shape index (κ1) is 9.48. The average molecular weight is 173 g/mol. The molecule has 1 heterocycles. The Hall–Kier alpha value is -0.610. The molecule has 1 rings (SSSR count). The van der Waals surface area contributed by atoms with Gasteiger partial charge in [0.05, 0.1) is 20.3 Å². The Morgan fingerprint density at radius 1 is 1.67 bits per heavy atom. The summed E-state index contributed by atoms with van der Waals surface area (Å²) in [6.45, 7) is 3.73. The third-order valence-electron chi connectivity index (χ3n) is 1.99. The lowest BCUT2D eigenvalue weighted by molar-refractivity contribution is -0.169. The van der Waals surface area contributed by atoms with Gasteiger partial charge in [-0.2, -0.15) is 0 Å². The fourth-order valence-electron chi connectivity index (χ4n) is 1.16. The van der Waals surface area contributed by atoms with Crippen LogP contribution in [0, 0.1) is 0 Å². The first-order valence-electron chi connectivity index (χ1n) is 4.16. The summed E-state index contributed by atoms with van der Waals surface area (Å²) in [5.41, 5.74) is -0.551. The predicted octanol–water partition coefficient (Wildman–Crippen LogP) is -0.0720. The number of ether oxygens (including phenoxy) is 2. The molecule has 0 aromatic rings. The number of hydrogen-bond donors (Lipinski definition) is 1. The Kier molecular flexibility index (Phi) is 3.05. The number of rotatable bonds is 4. The molecule has 12 heavy (non-hydrogen) atoms. The van der Waals surface area contributed by atoms with Crippen LogP contribution in [0.4, 0.5) is 0 Å². The van der Waals surface area contributed by atoms with Crippen molar-refractivity contribution in [2.24, 2.45) is 0 Å². The molecule has 1 saturated heterocycles. The molecule has 0 atom stereocenters. The maximum Gasteiger partial charge on any atom is 0.330 e. The van der Waals surface area contributed by atoms with Crippen molar-refractivity contribution >= 4 is 5.97 Å². The van der Waals surface area contributed by atoms with Gasteiger partial charge in [0.1, 0.15) is 0 Å².